The van der Waals surface area contributed by atoms with Gasteiger partial charge in [-0.1, -0.05) is 15.9 Å². The van der Waals surface area contributed by atoms with Crippen LogP contribution in [0.1, 0.15) is 5.69 Å². The van der Waals surface area contributed by atoms with Gasteiger partial charge >= 0.3 is 0 Å². The number of aromatic nitrogens is 4. The highest BCUT2D eigenvalue weighted by Gasteiger charge is 2.13. The number of hydrogen-bond donors (Lipinski definition) is 1. The molecule has 0 unspecified atom stereocenters. The quantitative estimate of drug-likeness (QED) is 0.696. The van der Waals surface area contributed by atoms with Gasteiger partial charge in [0.1, 0.15) is 5.52 Å². The second-order valence-corrected chi connectivity index (χ2v) is 5.45. The molecule has 0 saturated carbocycles. The molecule has 1 N–H and O–H groups in total. The molecule has 0 spiro atoms. The highest BCUT2D eigenvalue weighted by atomic mass is 79.9. The molecule has 0 bridgehead atoms. The minimum absolute atomic E-state index is 0.684. The SMILES string of the molecule is Cc1nn(C)c2c1[nH]c(=S)n2-c1ccc(Br)cc1. The Morgan fingerprint density at radius 1 is 1.28 bits per heavy atom. The van der Waals surface area contributed by atoms with Crippen LogP contribution >= 0.6 is 28.1 Å². The molecule has 4 nitrogen and oxygen atoms in total. The van der Waals surface area contributed by atoms with Gasteiger partial charge in [-0.3, -0.25) is 4.57 Å². The first-order chi connectivity index (χ1) is 8.58. The van der Waals surface area contributed by atoms with E-state index >= 15 is 0 Å². The van der Waals surface area contributed by atoms with E-state index in [9.17, 15) is 0 Å². The topological polar surface area (TPSA) is 38.5 Å². The summed E-state index contributed by atoms with van der Waals surface area (Å²) in [6, 6.07) is 8.04. The Morgan fingerprint density at radius 2 is 1.94 bits per heavy atom. The fraction of sp³-hybridized carbons (Fsp3) is 0.167. The van der Waals surface area contributed by atoms with Gasteiger partial charge in [0.2, 0.25) is 0 Å². The molecule has 0 aliphatic carbocycles. The van der Waals surface area contributed by atoms with Gasteiger partial charge in [0.15, 0.2) is 10.4 Å². The average molecular weight is 323 g/mol. The van der Waals surface area contributed by atoms with E-state index in [-0.39, 0.29) is 0 Å². The van der Waals surface area contributed by atoms with E-state index in [4.69, 9.17) is 12.2 Å². The Balaban J connectivity index is 2.38. The first-order valence-corrected chi connectivity index (χ1v) is 6.68. The Kier molecular flexibility index (Phi) is 2.64. The van der Waals surface area contributed by atoms with Gasteiger partial charge in [-0.25, -0.2) is 4.68 Å². The molecule has 1 aromatic carbocycles. The van der Waals surface area contributed by atoms with E-state index in [2.05, 4.69) is 26.0 Å². The van der Waals surface area contributed by atoms with Crippen LogP contribution in [0.25, 0.3) is 16.9 Å². The summed E-state index contributed by atoms with van der Waals surface area (Å²) in [5.74, 6) is 0. The van der Waals surface area contributed by atoms with Gasteiger partial charge in [0, 0.05) is 17.2 Å². The third-order valence-corrected chi connectivity index (χ3v) is 3.74. The third kappa shape index (κ3) is 1.64. The summed E-state index contributed by atoms with van der Waals surface area (Å²) in [6.45, 7) is 1.97. The molecule has 3 aromatic rings. The fourth-order valence-electron chi connectivity index (χ4n) is 2.14. The summed E-state index contributed by atoms with van der Waals surface area (Å²) < 4.78 is 5.57. The molecule has 18 heavy (non-hydrogen) atoms. The molecule has 3 rings (SSSR count). The number of halogens is 1. The number of rotatable bonds is 1. The standard InChI is InChI=1S/C12H11BrN4S/c1-7-10-11(16(2)15-7)17(12(18)14-10)9-5-3-8(13)4-6-9/h3-6H,1-2H3,(H,14,18). The van der Waals surface area contributed by atoms with Crippen LogP contribution < -0.4 is 0 Å². The fourth-order valence-corrected chi connectivity index (χ4v) is 2.70. The lowest BCUT2D eigenvalue weighted by Crippen LogP contribution is -2.00. The minimum Gasteiger partial charge on any atom is -0.327 e. The Bertz CT molecular complexity index is 779. The molecule has 0 atom stereocenters. The number of imidazole rings is 1. The zero-order valence-electron chi connectivity index (χ0n) is 9.94. The Hall–Kier alpha value is -1.40. The van der Waals surface area contributed by atoms with Crippen molar-refractivity contribution in [3.05, 3.63) is 39.2 Å². The highest BCUT2D eigenvalue weighted by molar-refractivity contribution is 9.10. The second kappa shape index (κ2) is 4.07. The van der Waals surface area contributed by atoms with Gasteiger partial charge in [-0.05, 0) is 43.4 Å². The molecule has 0 saturated heterocycles. The number of aryl methyl sites for hydroxylation is 2. The zero-order valence-corrected chi connectivity index (χ0v) is 12.3. The molecule has 2 aromatic heterocycles. The van der Waals surface area contributed by atoms with Crippen LogP contribution in [0, 0.1) is 11.7 Å². The molecule has 2 heterocycles. The number of aromatic amines is 1. The van der Waals surface area contributed by atoms with Gasteiger partial charge in [0.05, 0.1) is 5.69 Å². The van der Waals surface area contributed by atoms with Crippen molar-refractivity contribution >= 4 is 39.3 Å². The molecule has 0 aliphatic rings. The zero-order chi connectivity index (χ0) is 12.9. The van der Waals surface area contributed by atoms with Crippen LogP contribution in [0.3, 0.4) is 0 Å². The Morgan fingerprint density at radius 3 is 2.61 bits per heavy atom. The number of fused-ring (bicyclic) bond motifs is 1. The molecular weight excluding hydrogens is 312 g/mol. The van der Waals surface area contributed by atoms with Crippen molar-refractivity contribution in [2.45, 2.75) is 6.92 Å². The smallest absolute Gasteiger partial charge is 0.184 e. The number of nitrogens with zero attached hydrogens (tertiary/aromatic N) is 3. The molecule has 0 fully saturated rings. The lowest BCUT2D eigenvalue weighted by Gasteiger charge is -2.04. The Labute approximate surface area is 117 Å². The lowest BCUT2D eigenvalue weighted by atomic mass is 10.3. The van der Waals surface area contributed by atoms with Crippen LogP contribution in [0.15, 0.2) is 28.7 Å². The average Bonchev–Trinajstić information content (AvgIpc) is 2.79. The van der Waals surface area contributed by atoms with Crippen molar-refractivity contribution in [1.82, 2.24) is 19.3 Å². The largest absolute Gasteiger partial charge is 0.327 e. The maximum absolute atomic E-state index is 5.40. The maximum Gasteiger partial charge on any atom is 0.184 e. The summed E-state index contributed by atoms with van der Waals surface area (Å²) in [5, 5.41) is 4.40. The minimum atomic E-state index is 0.684. The van der Waals surface area contributed by atoms with E-state index < -0.39 is 0 Å². The van der Waals surface area contributed by atoms with E-state index in [1.54, 1.807) is 0 Å². The number of benzene rings is 1. The monoisotopic (exact) mass is 322 g/mol. The van der Waals surface area contributed by atoms with Crippen LogP contribution in [-0.4, -0.2) is 19.3 Å². The molecule has 6 heteroatoms. The number of H-pyrrole nitrogens is 1. The normalized spacial score (nSPS) is 11.3. The summed E-state index contributed by atoms with van der Waals surface area (Å²) in [7, 11) is 1.92. The summed E-state index contributed by atoms with van der Waals surface area (Å²) >= 11 is 8.83. The summed E-state index contributed by atoms with van der Waals surface area (Å²) in [4.78, 5) is 3.21. The van der Waals surface area contributed by atoms with Gasteiger partial charge in [0.25, 0.3) is 0 Å². The van der Waals surface area contributed by atoms with Crippen molar-refractivity contribution < 1.29 is 0 Å². The first kappa shape index (κ1) is 11.7. The van der Waals surface area contributed by atoms with Crippen molar-refractivity contribution in [3.63, 3.8) is 0 Å². The van der Waals surface area contributed by atoms with Crippen molar-refractivity contribution in [2.75, 3.05) is 0 Å². The van der Waals surface area contributed by atoms with Crippen LogP contribution in [-0.2, 0) is 7.05 Å². The van der Waals surface area contributed by atoms with Crippen molar-refractivity contribution in [3.8, 4) is 5.69 Å². The predicted octanol–water partition coefficient (Wildman–Crippen LogP) is 3.49. The van der Waals surface area contributed by atoms with Gasteiger partial charge in [-0.2, -0.15) is 5.10 Å². The van der Waals surface area contributed by atoms with E-state index in [0.29, 0.717) is 4.77 Å². The first-order valence-electron chi connectivity index (χ1n) is 5.48. The molecule has 0 aliphatic heterocycles. The van der Waals surface area contributed by atoms with Gasteiger partial charge < -0.3 is 4.98 Å². The van der Waals surface area contributed by atoms with E-state index in [1.807, 2.05) is 47.5 Å². The lowest BCUT2D eigenvalue weighted by molar-refractivity contribution is 0.759. The maximum atomic E-state index is 5.40. The van der Waals surface area contributed by atoms with E-state index in [1.165, 1.54) is 0 Å². The highest BCUT2D eigenvalue weighted by Crippen LogP contribution is 2.22. The van der Waals surface area contributed by atoms with Crippen LogP contribution in [0.2, 0.25) is 0 Å². The summed E-state index contributed by atoms with van der Waals surface area (Å²) in [6.07, 6.45) is 0. The van der Waals surface area contributed by atoms with Crippen LogP contribution in [0.4, 0.5) is 0 Å². The number of nitrogens with one attached hydrogen (secondary N) is 1. The van der Waals surface area contributed by atoms with Crippen LogP contribution in [0.5, 0.6) is 0 Å². The molecule has 92 valence electrons. The van der Waals surface area contributed by atoms with Gasteiger partial charge in [-0.15, -0.1) is 0 Å². The predicted molar refractivity (Wildman–Crippen MR) is 77.7 cm³/mol. The molecule has 0 radical (unpaired) electrons. The number of hydrogen-bond acceptors (Lipinski definition) is 2. The third-order valence-electron chi connectivity index (χ3n) is 2.92. The second-order valence-electron chi connectivity index (χ2n) is 4.15. The van der Waals surface area contributed by atoms with Crippen molar-refractivity contribution in [2.24, 2.45) is 7.05 Å². The molecule has 0 amide bonds. The van der Waals surface area contributed by atoms with E-state index in [0.717, 1.165) is 27.0 Å². The molecular formula is C12H11BrN4S. The van der Waals surface area contributed by atoms with Crippen molar-refractivity contribution in [1.29, 1.82) is 0 Å². The summed E-state index contributed by atoms with van der Waals surface area (Å²) in [5.41, 5.74) is 3.96.